The molecule has 0 aromatic heterocycles. The first-order valence-electron chi connectivity index (χ1n) is 6.07. The van der Waals surface area contributed by atoms with E-state index in [-0.39, 0.29) is 25.4 Å². The average molecular weight is 264 g/mol. The summed E-state index contributed by atoms with van der Waals surface area (Å²) in [7, 11) is 0. The maximum absolute atomic E-state index is 12.0. The zero-order chi connectivity index (χ0) is 13.8. The summed E-state index contributed by atoms with van der Waals surface area (Å²) in [6.07, 6.45) is -0.673. The molecular formula is C13H16N2O4. The van der Waals surface area contributed by atoms with Crippen molar-refractivity contribution in [1.29, 1.82) is 0 Å². The normalized spacial score (nSPS) is 22.3. The van der Waals surface area contributed by atoms with Gasteiger partial charge in [-0.2, -0.15) is 0 Å². The lowest BCUT2D eigenvalue weighted by Gasteiger charge is -2.21. The fourth-order valence-corrected chi connectivity index (χ4v) is 2.16. The van der Waals surface area contributed by atoms with Crippen molar-refractivity contribution in [3.8, 4) is 0 Å². The number of likely N-dealkylation sites (tertiary alicyclic amines) is 1. The average Bonchev–Trinajstić information content (AvgIpc) is 2.79. The Morgan fingerprint density at radius 2 is 2.00 bits per heavy atom. The topological polar surface area (TPSA) is 89.9 Å². The van der Waals surface area contributed by atoms with Gasteiger partial charge in [0.15, 0.2) is 0 Å². The van der Waals surface area contributed by atoms with Crippen molar-refractivity contribution in [2.75, 3.05) is 18.4 Å². The summed E-state index contributed by atoms with van der Waals surface area (Å²) < 4.78 is 0. The largest absolute Gasteiger partial charge is 0.480 e. The van der Waals surface area contributed by atoms with E-state index >= 15 is 0 Å². The van der Waals surface area contributed by atoms with Gasteiger partial charge in [-0.3, -0.25) is 4.79 Å². The van der Waals surface area contributed by atoms with Crippen molar-refractivity contribution < 1.29 is 19.8 Å². The van der Waals surface area contributed by atoms with Crippen LogP contribution in [0.1, 0.15) is 6.42 Å². The van der Waals surface area contributed by atoms with E-state index in [9.17, 15) is 14.7 Å². The third-order valence-corrected chi connectivity index (χ3v) is 3.10. The minimum absolute atomic E-state index is 0.0144. The number of aliphatic carboxylic acids is 1. The second kappa shape index (κ2) is 5.71. The molecule has 1 fully saturated rings. The number of aliphatic hydroxyl groups excluding tert-OH is 1. The molecule has 19 heavy (non-hydrogen) atoms. The van der Waals surface area contributed by atoms with E-state index in [0.29, 0.717) is 0 Å². The number of carbonyl (C=O) groups is 2. The monoisotopic (exact) mass is 264 g/mol. The number of hydrogen-bond acceptors (Lipinski definition) is 4. The molecule has 1 aliphatic rings. The number of carboxylic acids is 1. The van der Waals surface area contributed by atoms with Gasteiger partial charge in [-0.15, -0.1) is 0 Å². The minimum atomic E-state index is -1.08. The maximum Gasteiger partial charge on any atom is 0.326 e. The van der Waals surface area contributed by atoms with Gasteiger partial charge in [-0.25, -0.2) is 4.79 Å². The molecule has 0 unspecified atom stereocenters. The standard InChI is InChI=1S/C13H16N2O4/c16-10-6-11(13(18)19)15(8-10)12(17)7-14-9-4-2-1-3-5-9/h1-5,10-11,14,16H,6-8H2,(H,18,19)/t10-,11-/m0/s1. The second-order valence-corrected chi connectivity index (χ2v) is 4.51. The predicted molar refractivity (Wildman–Crippen MR) is 68.7 cm³/mol. The number of aliphatic hydroxyl groups is 1. The van der Waals surface area contributed by atoms with E-state index in [1.807, 2.05) is 30.3 Å². The summed E-state index contributed by atoms with van der Waals surface area (Å²) >= 11 is 0. The summed E-state index contributed by atoms with van der Waals surface area (Å²) in [5.74, 6) is -1.41. The summed E-state index contributed by atoms with van der Waals surface area (Å²) in [6.45, 7) is 0.0901. The van der Waals surface area contributed by atoms with Gasteiger partial charge in [-0.1, -0.05) is 18.2 Å². The number of β-amino-alcohol motifs (C(OH)–C–C–N with tert-alkyl or cyclic N) is 1. The molecule has 0 spiro atoms. The van der Waals surface area contributed by atoms with Gasteiger partial charge in [0.2, 0.25) is 5.91 Å². The molecule has 102 valence electrons. The fourth-order valence-electron chi connectivity index (χ4n) is 2.16. The van der Waals surface area contributed by atoms with Gasteiger partial charge < -0.3 is 20.4 Å². The molecule has 6 nitrogen and oxygen atoms in total. The molecule has 1 saturated heterocycles. The van der Waals surface area contributed by atoms with E-state index in [4.69, 9.17) is 5.11 Å². The molecule has 3 N–H and O–H groups in total. The lowest BCUT2D eigenvalue weighted by Crippen LogP contribution is -2.43. The summed E-state index contributed by atoms with van der Waals surface area (Å²) in [5.41, 5.74) is 0.794. The Labute approximate surface area is 110 Å². The first kappa shape index (κ1) is 13.4. The van der Waals surface area contributed by atoms with E-state index in [1.54, 1.807) is 0 Å². The molecular weight excluding hydrogens is 248 g/mol. The molecule has 2 atom stereocenters. The van der Waals surface area contributed by atoms with Crippen molar-refractivity contribution in [1.82, 2.24) is 4.90 Å². The van der Waals surface area contributed by atoms with Crippen LogP contribution in [0.15, 0.2) is 30.3 Å². The molecule has 1 aromatic rings. The van der Waals surface area contributed by atoms with Crippen LogP contribution in [0.5, 0.6) is 0 Å². The Morgan fingerprint density at radius 3 is 2.63 bits per heavy atom. The molecule has 0 radical (unpaired) electrons. The molecule has 2 rings (SSSR count). The van der Waals surface area contributed by atoms with Crippen molar-refractivity contribution in [2.24, 2.45) is 0 Å². The number of anilines is 1. The number of hydrogen-bond donors (Lipinski definition) is 3. The van der Waals surface area contributed by atoms with E-state index in [2.05, 4.69) is 5.32 Å². The number of carboxylic acid groups (broad SMARTS) is 1. The second-order valence-electron chi connectivity index (χ2n) is 4.51. The molecule has 6 heteroatoms. The number of amides is 1. The summed E-state index contributed by atoms with van der Waals surface area (Å²) in [5, 5.41) is 21.4. The Hall–Kier alpha value is -2.08. The Balaban J connectivity index is 1.94. The molecule has 1 aromatic carbocycles. The van der Waals surface area contributed by atoms with Crippen LogP contribution in [0, 0.1) is 0 Å². The molecule has 0 aliphatic carbocycles. The number of nitrogens with zero attached hydrogens (tertiary/aromatic N) is 1. The summed E-state index contributed by atoms with van der Waals surface area (Å²) in [6, 6.07) is 8.25. The molecule has 0 bridgehead atoms. The van der Waals surface area contributed by atoms with Crippen LogP contribution in [0.2, 0.25) is 0 Å². The Bertz CT molecular complexity index is 463. The SMILES string of the molecule is O=C(O)[C@@H]1C[C@H](O)CN1C(=O)CNc1ccccc1. The highest BCUT2D eigenvalue weighted by Crippen LogP contribution is 2.18. The number of carbonyl (C=O) groups excluding carboxylic acids is 1. The fraction of sp³-hybridized carbons (Fsp3) is 0.385. The number of para-hydroxylation sites is 1. The molecule has 1 aliphatic heterocycles. The quantitative estimate of drug-likeness (QED) is 0.720. The third-order valence-electron chi connectivity index (χ3n) is 3.10. The van der Waals surface area contributed by atoms with Gasteiger partial charge in [0.1, 0.15) is 6.04 Å². The zero-order valence-corrected chi connectivity index (χ0v) is 10.3. The maximum atomic E-state index is 12.0. The lowest BCUT2D eigenvalue weighted by atomic mass is 10.2. The highest BCUT2D eigenvalue weighted by atomic mass is 16.4. The van der Waals surface area contributed by atoms with Crippen LogP contribution in [0.25, 0.3) is 0 Å². The minimum Gasteiger partial charge on any atom is -0.480 e. The predicted octanol–water partition coefficient (Wildman–Crippen LogP) is 0.145. The van der Waals surface area contributed by atoms with Crippen LogP contribution in [0.4, 0.5) is 5.69 Å². The first-order valence-corrected chi connectivity index (χ1v) is 6.07. The van der Waals surface area contributed by atoms with Crippen molar-refractivity contribution in [2.45, 2.75) is 18.6 Å². The zero-order valence-electron chi connectivity index (χ0n) is 10.3. The Kier molecular flexibility index (Phi) is 4.01. The van der Waals surface area contributed by atoms with Crippen molar-refractivity contribution in [3.05, 3.63) is 30.3 Å². The van der Waals surface area contributed by atoms with Crippen molar-refractivity contribution in [3.63, 3.8) is 0 Å². The number of rotatable bonds is 4. The molecule has 0 saturated carbocycles. The third kappa shape index (κ3) is 3.23. The highest BCUT2D eigenvalue weighted by molar-refractivity contribution is 5.87. The Morgan fingerprint density at radius 1 is 1.32 bits per heavy atom. The van der Waals surface area contributed by atoms with Gasteiger partial charge >= 0.3 is 5.97 Å². The lowest BCUT2D eigenvalue weighted by molar-refractivity contribution is -0.147. The van der Waals surface area contributed by atoms with Gasteiger partial charge in [0, 0.05) is 18.7 Å². The van der Waals surface area contributed by atoms with Crippen LogP contribution in [-0.2, 0) is 9.59 Å². The van der Waals surface area contributed by atoms with Gasteiger partial charge in [0.25, 0.3) is 0 Å². The number of nitrogens with one attached hydrogen (secondary N) is 1. The highest BCUT2D eigenvalue weighted by Gasteiger charge is 2.38. The van der Waals surface area contributed by atoms with Crippen LogP contribution >= 0.6 is 0 Å². The molecule has 1 amide bonds. The van der Waals surface area contributed by atoms with Crippen molar-refractivity contribution >= 4 is 17.6 Å². The number of benzene rings is 1. The van der Waals surface area contributed by atoms with Gasteiger partial charge in [0.05, 0.1) is 12.6 Å². The van der Waals surface area contributed by atoms with E-state index in [0.717, 1.165) is 5.69 Å². The van der Waals surface area contributed by atoms with E-state index < -0.39 is 18.1 Å². The summed E-state index contributed by atoms with van der Waals surface area (Å²) in [4.78, 5) is 24.2. The van der Waals surface area contributed by atoms with Crippen LogP contribution in [0.3, 0.4) is 0 Å². The van der Waals surface area contributed by atoms with Crippen LogP contribution < -0.4 is 5.32 Å². The van der Waals surface area contributed by atoms with Crippen LogP contribution in [-0.4, -0.2) is 52.2 Å². The molecule has 1 heterocycles. The van der Waals surface area contributed by atoms with E-state index in [1.165, 1.54) is 4.90 Å². The first-order chi connectivity index (χ1) is 9.08. The smallest absolute Gasteiger partial charge is 0.326 e. The van der Waals surface area contributed by atoms with Gasteiger partial charge in [-0.05, 0) is 12.1 Å².